The first-order chi connectivity index (χ1) is 8.51. The molecule has 1 rings (SSSR count). The zero-order valence-corrected chi connectivity index (χ0v) is 12.0. The summed E-state index contributed by atoms with van der Waals surface area (Å²) < 4.78 is 0. The molecule has 1 aromatic rings. The molecule has 0 unspecified atom stereocenters. The van der Waals surface area contributed by atoms with Gasteiger partial charge < -0.3 is 10.6 Å². The van der Waals surface area contributed by atoms with Crippen LogP contribution in [0.5, 0.6) is 0 Å². The molecule has 3 heteroatoms. The second-order valence-corrected chi connectivity index (χ2v) is 5.46. The van der Waals surface area contributed by atoms with Crippen LogP contribution in [0.15, 0.2) is 35.3 Å². The van der Waals surface area contributed by atoms with E-state index in [2.05, 4.69) is 66.7 Å². The normalized spacial score (nSPS) is 12.3. The van der Waals surface area contributed by atoms with Crippen LogP contribution in [0.3, 0.4) is 0 Å². The van der Waals surface area contributed by atoms with Gasteiger partial charge >= 0.3 is 0 Å². The van der Waals surface area contributed by atoms with Gasteiger partial charge in [0.05, 0.1) is 0 Å². The number of aliphatic imine (C=N–C) groups is 1. The van der Waals surface area contributed by atoms with Gasteiger partial charge in [-0.1, -0.05) is 30.3 Å². The predicted molar refractivity (Wildman–Crippen MR) is 79.0 cm³/mol. The van der Waals surface area contributed by atoms with Crippen molar-refractivity contribution in [1.29, 1.82) is 0 Å². The second-order valence-electron chi connectivity index (χ2n) is 5.46. The molecule has 2 N–H and O–H groups in total. The van der Waals surface area contributed by atoms with Crippen LogP contribution in [0.1, 0.15) is 32.8 Å². The van der Waals surface area contributed by atoms with Crippen LogP contribution in [-0.4, -0.2) is 25.1 Å². The summed E-state index contributed by atoms with van der Waals surface area (Å²) in [5, 5.41) is 6.68. The van der Waals surface area contributed by atoms with Crippen LogP contribution in [0.25, 0.3) is 0 Å². The zero-order chi connectivity index (χ0) is 13.4. The Bertz CT molecular complexity index is 363. The Labute approximate surface area is 111 Å². The summed E-state index contributed by atoms with van der Waals surface area (Å²) in [6.45, 7) is 7.32. The highest BCUT2D eigenvalue weighted by Gasteiger charge is 2.10. The molecule has 0 radical (unpaired) electrons. The smallest absolute Gasteiger partial charge is 0.191 e. The summed E-state index contributed by atoms with van der Waals surface area (Å²) in [5.41, 5.74) is 1.43. The van der Waals surface area contributed by atoms with Crippen molar-refractivity contribution in [1.82, 2.24) is 10.6 Å². The van der Waals surface area contributed by atoms with E-state index in [0.717, 1.165) is 25.3 Å². The van der Waals surface area contributed by atoms with Gasteiger partial charge in [-0.25, -0.2) is 0 Å². The number of nitrogens with one attached hydrogen (secondary N) is 2. The molecule has 0 aliphatic carbocycles. The first kappa shape index (κ1) is 14.6. The van der Waals surface area contributed by atoms with Crippen LogP contribution in [0, 0.1) is 0 Å². The van der Waals surface area contributed by atoms with Gasteiger partial charge in [-0.15, -0.1) is 0 Å². The highest BCUT2D eigenvalue weighted by atomic mass is 15.2. The van der Waals surface area contributed by atoms with Crippen molar-refractivity contribution < 1.29 is 0 Å². The maximum atomic E-state index is 4.21. The lowest BCUT2D eigenvalue weighted by Gasteiger charge is -2.23. The fraction of sp³-hybridized carbons (Fsp3) is 0.533. The number of aryl methyl sites for hydroxylation is 1. The molecule has 18 heavy (non-hydrogen) atoms. The Morgan fingerprint density at radius 1 is 1.17 bits per heavy atom. The number of hydrogen-bond donors (Lipinski definition) is 2. The van der Waals surface area contributed by atoms with Crippen LogP contribution < -0.4 is 10.6 Å². The number of nitrogens with zero attached hydrogens (tertiary/aromatic N) is 1. The van der Waals surface area contributed by atoms with Crippen LogP contribution in [0.2, 0.25) is 0 Å². The summed E-state index contributed by atoms with van der Waals surface area (Å²) in [4.78, 5) is 4.21. The molecule has 1 aromatic carbocycles. The van der Waals surface area contributed by atoms with E-state index in [1.165, 1.54) is 5.56 Å². The summed E-state index contributed by atoms with van der Waals surface area (Å²) in [6, 6.07) is 10.6. The minimum Gasteiger partial charge on any atom is -0.356 e. The van der Waals surface area contributed by atoms with Gasteiger partial charge in [0.1, 0.15) is 0 Å². The van der Waals surface area contributed by atoms with E-state index in [9.17, 15) is 0 Å². The molecule has 0 saturated carbocycles. The van der Waals surface area contributed by atoms with Gasteiger partial charge in [-0.2, -0.15) is 0 Å². The number of hydrogen-bond acceptors (Lipinski definition) is 1. The molecule has 0 fully saturated rings. The van der Waals surface area contributed by atoms with Gasteiger partial charge in [0.15, 0.2) is 5.96 Å². The van der Waals surface area contributed by atoms with Gasteiger partial charge in [0, 0.05) is 19.1 Å². The fourth-order valence-corrected chi connectivity index (χ4v) is 1.68. The summed E-state index contributed by atoms with van der Waals surface area (Å²) in [5.74, 6) is 0.871. The fourth-order valence-electron chi connectivity index (χ4n) is 1.68. The zero-order valence-electron chi connectivity index (χ0n) is 12.0. The third-order valence-corrected chi connectivity index (χ3v) is 2.49. The molecule has 0 atom stereocenters. The summed E-state index contributed by atoms with van der Waals surface area (Å²) >= 11 is 0. The largest absolute Gasteiger partial charge is 0.356 e. The number of rotatable bonds is 4. The topological polar surface area (TPSA) is 36.4 Å². The number of guanidine groups is 1. The Hall–Kier alpha value is -1.51. The standard InChI is InChI=1S/C15H25N3/c1-15(2,3)18-14(16-4)17-12-8-11-13-9-6-5-7-10-13/h5-7,9-10H,8,11-12H2,1-4H3,(H2,16,17,18). The molecular weight excluding hydrogens is 222 g/mol. The quantitative estimate of drug-likeness (QED) is 0.487. The maximum Gasteiger partial charge on any atom is 0.191 e. The molecule has 3 nitrogen and oxygen atoms in total. The average molecular weight is 247 g/mol. The Morgan fingerprint density at radius 2 is 1.83 bits per heavy atom. The molecule has 0 bridgehead atoms. The third kappa shape index (κ3) is 6.28. The van der Waals surface area contributed by atoms with E-state index in [1.54, 1.807) is 7.05 Å². The first-order valence-electron chi connectivity index (χ1n) is 6.54. The Balaban J connectivity index is 2.25. The molecule has 0 heterocycles. The van der Waals surface area contributed by atoms with Crippen molar-refractivity contribution in [2.75, 3.05) is 13.6 Å². The highest BCUT2D eigenvalue weighted by molar-refractivity contribution is 5.80. The van der Waals surface area contributed by atoms with Crippen molar-refractivity contribution in [3.8, 4) is 0 Å². The Kier molecular flexibility index (Phi) is 5.69. The van der Waals surface area contributed by atoms with Crippen LogP contribution in [0.4, 0.5) is 0 Å². The number of benzene rings is 1. The Morgan fingerprint density at radius 3 is 2.39 bits per heavy atom. The van der Waals surface area contributed by atoms with Crippen LogP contribution in [-0.2, 0) is 6.42 Å². The lowest BCUT2D eigenvalue weighted by Crippen LogP contribution is -2.47. The first-order valence-corrected chi connectivity index (χ1v) is 6.54. The second kappa shape index (κ2) is 7.04. The average Bonchev–Trinajstić information content (AvgIpc) is 2.33. The van der Waals surface area contributed by atoms with E-state index in [-0.39, 0.29) is 5.54 Å². The van der Waals surface area contributed by atoms with E-state index in [4.69, 9.17) is 0 Å². The predicted octanol–water partition coefficient (Wildman–Crippen LogP) is 2.58. The minimum absolute atomic E-state index is 0.0429. The highest BCUT2D eigenvalue weighted by Crippen LogP contribution is 2.01. The van der Waals surface area contributed by atoms with Crippen molar-refractivity contribution in [2.45, 2.75) is 39.2 Å². The molecule has 0 spiro atoms. The van der Waals surface area contributed by atoms with Crippen molar-refractivity contribution in [2.24, 2.45) is 4.99 Å². The van der Waals surface area contributed by atoms with Crippen molar-refractivity contribution in [3.63, 3.8) is 0 Å². The lowest BCUT2D eigenvalue weighted by atomic mass is 10.1. The molecule has 0 aromatic heterocycles. The van der Waals surface area contributed by atoms with Crippen molar-refractivity contribution >= 4 is 5.96 Å². The van der Waals surface area contributed by atoms with Gasteiger partial charge in [0.2, 0.25) is 0 Å². The molecule has 0 amide bonds. The maximum absolute atomic E-state index is 4.21. The molecule has 0 saturated heterocycles. The minimum atomic E-state index is 0.0429. The SMILES string of the molecule is CN=C(NCCCc1ccccc1)NC(C)(C)C. The van der Waals surface area contributed by atoms with Crippen molar-refractivity contribution in [3.05, 3.63) is 35.9 Å². The van der Waals surface area contributed by atoms with E-state index < -0.39 is 0 Å². The molecule has 0 aliphatic rings. The van der Waals surface area contributed by atoms with Crippen LogP contribution >= 0.6 is 0 Å². The molecule has 0 aliphatic heterocycles. The van der Waals surface area contributed by atoms with E-state index in [1.807, 2.05) is 0 Å². The van der Waals surface area contributed by atoms with E-state index >= 15 is 0 Å². The molecule has 100 valence electrons. The summed E-state index contributed by atoms with van der Waals surface area (Å²) in [6.07, 6.45) is 2.20. The van der Waals surface area contributed by atoms with Gasteiger partial charge in [-0.3, -0.25) is 4.99 Å². The summed E-state index contributed by atoms with van der Waals surface area (Å²) in [7, 11) is 1.80. The monoisotopic (exact) mass is 247 g/mol. The molecular formula is C15H25N3. The van der Waals surface area contributed by atoms with Gasteiger partial charge in [-0.05, 0) is 39.2 Å². The lowest BCUT2D eigenvalue weighted by molar-refractivity contribution is 0.501. The van der Waals surface area contributed by atoms with E-state index in [0.29, 0.717) is 0 Å². The van der Waals surface area contributed by atoms with Gasteiger partial charge in [0.25, 0.3) is 0 Å². The third-order valence-electron chi connectivity index (χ3n) is 2.49.